The van der Waals surface area contributed by atoms with E-state index in [-0.39, 0.29) is 11.5 Å². The van der Waals surface area contributed by atoms with Crippen LogP contribution >= 0.6 is 15.9 Å². The molecule has 1 aromatic heterocycles. The van der Waals surface area contributed by atoms with Gasteiger partial charge in [-0.15, -0.1) is 0 Å². The number of furan rings is 1. The van der Waals surface area contributed by atoms with Crippen molar-refractivity contribution in [2.45, 2.75) is 45.1 Å². The number of rotatable bonds is 2. The molecule has 1 unspecified atom stereocenters. The monoisotopic (exact) mass is 271 g/mol. The Morgan fingerprint density at radius 1 is 1.33 bits per heavy atom. The van der Waals surface area contributed by atoms with Crippen molar-refractivity contribution < 1.29 is 4.42 Å². The topological polar surface area (TPSA) is 39.2 Å². The van der Waals surface area contributed by atoms with E-state index in [9.17, 15) is 0 Å². The van der Waals surface area contributed by atoms with Crippen molar-refractivity contribution in [1.29, 1.82) is 0 Å². The van der Waals surface area contributed by atoms with Crippen LogP contribution in [0.5, 0.6) is 0 Å². The predicted molar refractivity (Wildman–Crippen MR) is 64.5 cm³/mol. The van der Waals surface area contributed by atoms with Gasteiger partial charge >= 0.3 is 0 Å². The first kappa shape index (κ1) is 11.2. The Kier molecular flexibility index (Phi) is 3.21. The van der Waals surface area contributed by atoms with Gasteiger partial charge in [-0.25, -0.2) is 0 Å². The van der Waals surface area contributed by atoms with Crippen LogP contribution in [0.25, 0.3) is 0 Å². The molecule has 0 aliphatic heterocycles. The third kappa shape index (κ3) is 2.28. The van der Waals surface area contributed by atoms with E-state index in [2.05, 4.69) is 22.9 Å². The number of hydrogen-bond acceptors (Lipinski definition) is 2. The second-order valence-electron chi connectivity index (χ2n) is 4.83. The summed E-state index contributed by atoms with van der Waals surface area (Å²) in [5.74, 6) is 0.909. The van der Waals surface area contributed by atoms with Gasteiger partial charge in [0.1, 0.15) is 5.76 Å². The summed E-state index contributed by atoms with van der Waals surface area (Å²) < 4.78 is 6.33. The maximum atomic E-state index is 6.30. The zero-order valence-electron chi connectivity index (χ0n) is 9.13. The quantitative estimate of drug-likeness (QED) is 0.883. The molecule has 1 aliphatic carbocycles. The molecule has 1 aliphatic rings. The lowest BCUT2D eigenvalue weighted by atomic mass is 9.70. The summed E-state index contributed by atoms with van der Waals surface area (Å²) in [6, 6.07) is 3.93. The largest absolute Gasteiger partial charge is 0.453 e. The molecule has 1 fully saturated rings. The van der Waals surface area contributed by atoms with Crippen LogP contribution in [0.2, 0.25) is 0 Å². The minimum atomic E-state index is 0.0316. The van der Waals surface area contributed by atoms with Crippen LogP contribution in [0.4, 0.5) is 0 Å². The molecule has 15 heavy (non-hydrogen) atoms. The van der Waals surface area contributed by atoms with Crippen molar-refractivity contribution in [2.75, 3.05) is 0 Å². The minimum Gasteiger partial charge on any atom is -0.453 e. The highest BCUT2D eigenvalue weighted by Crippen LogP contribution is 2.44. The third-order valence-electron chi connectivity index (χ3n) is 3.65. The first-order valence-corrected chi connectivity index (χ1v) is 6.42. The third-order valence-corrected chi connectivity index (χ3v) is 4.07. The highest BCUT2D eigenvalue weighted by molar-refractivity contribution is 9.10. The Hall–Kier alpha value is -0.280. The van der Waals surface area contributed by atoms with Crippen LogP contribution in [-0.4, -0.2) is 0 Å². The van der Waals surface area contributed by atoms with Gasteiger partial charge in [0.2, 0.25) is 0 Å². The fourth-order valence-corrected chi connectivity index (χ4v) is 2.83. The summed E-state index contributed by atoms with van der Waals surface area (Å²) in [6.45, 7) is 2.28. The van der Waals surface area contributed by atoms with Crippen molar-refractivity contribution in [3.05, 3.63) is 22.6 Å². The average molecular weight is 272 g/mol. The van der Waals surface area contributed by atoms with E-state index < -0.39 is 0 Å². The Labute approximate surface area is 99.3 Å². The molecule has 2 nitrogen and oxygen atoms in total. The lowest BCUT2D eigenvalue weighted by molar-refractivity contribution is 0.154. The van der Waals surface area contributed by atoms with Gasteiger partial charge in [-0.05, 0) is 46.3 Å². The number of hydrogen-bond donors (Lipinski definition) is 1. The van der Waals surface area contributed by atoms with Gasteiger partial charge in [0.15, 0.2) is 4.67 Å². The maximum absolute atomic E-state index is 6.30. The summed E-state index contributed by atoms with van der Waals surface area (Å²) >= 11 is 3.32. The summed E-state index contributed by atoms with van der Waals surface area (Å²) in [4.78, 5) is 0. The molecule has 3 heteroatoms. The molecule has 1 heterocycles. The van der Waals surface area contributed by atoms with Crippen molar-refractivity contribution >= 4 is 15.9 Å². The Balaban J connectivity index is 2.15. The van der Waals surface area contributed by atoms with E-state index >= 15 is 0 Å². The van der Waals surface area contributed by atoms with Gasteiger partial charge in [-0.2, -0.15) is 0 Å². The minimum absolute atomic E-state index is 0.0316. The molecule has 2 rings (SSSR count). The van der Waals surface area contributed by atoms with E-state index in [1.54, 1.807) is 0 Å². The van der Waals surface area contributed by atoms with Crippen molar-refractivity contribution in [3.8, 4) is 0 Å². The summed E-state index contributed by atoms with van der Waals surface area (Å²) in [5.41, 5.74) is 6.52. The zero-order chi connectivity index (χ0) is 10.9. The van der Waals surface area contributed by atoms with Crippen LogP contribution in [0.15, 0.2) is 21.2 Å². The molecule has 0 aromatic carbocycles. The Bertz CT molecular complexity index is 328. The first-order valence-electron chi connectivity index (χ1n) is 5.63. The van der Waals surface area contributed by atoms with E-state index in [0.29, 0.717) is 0 Å². The highest BCUT2D eigenvalue weighted by Gasteiger charge is 2.35. The van der Waals surface area contributed by atoms with E-state index in [1.165, 1.54) is 32.1 Å². The second kappa shape index (κ2) is 4.30. The van der Waals surface area contributed by atoms with Crippen LogP contribution < -0.4 is 5.73 Å². The second-order valence-corrected chi connectivity index (χ2v) is 5.62. The highest BCUT2D eigenvalue weighted by atomic mass is 79.9. The molecular formula is C12H18BrNO. The molecule has 2 N–H and O–H groups in total. The van der Waals surface area contributed by atoms with E-state index in [1.807, 2.05) is 12.1 Å². The standard InChI is InChI=1S/C12H18BrNO/c1-12(7-3-2-4-8-12)11(14)9-5-6-10(13)15-9/h5-6,11H,2-4,7-8,14H2,1H3. The normalized spacial score (nSPS) is 22.6. The predicted octanol–water partition coefficient (Wildman–Crippen LogP) is 4.01. The molecule has 84 valence electrons. The molecule has 1 saturated carbocycles. The average Bonchev–Trinajstić information content (AvgIpc) is 2.65. The number of halogens is 1. The van der Waals surface area contributed by atoms with Gasteiger partial charge < -0.3 is 10.2 Å². The van der Waals surface area contributed by atoms with Crippen LogP contribution in [0.3, 0.4) is 0 Å². The van der Waals surface area contributed by atoms with Crippen molar-refractivity contribution in [2.24, 2.45) is 11.1 Å². The molecule has 0 spiro atoms. The maximum Gasteiger partial charge on any atom is 0.169 e. The van der Waals surface area contributed by atoms with E-state index in [4.69, 9.17) is 10.2 Å². The first-order chi connectivity index (χ1) is 7.12. The Morgan fingerprint density at radius 2 is 2.00 bits per heavy atom. The number of nitrogens with two attached hydrogens (primary N) is 1. The van der Waals surface area contributed by atoms with Gasteiger partial charge in [0.25, 0.3) is 0 Å². The van der Waals surface area contributed by atoms with Gasteiger partial charge in [0.05, 0.1) is 6.04 Å². The van der Waals surface area contributed by atoms with Gasteiger partial charge in [0, 0.05) is 0 Å². The van der Waals surface area contributed by atoms with Gasteiger partial charge in [-0.1, -0.05) is 26.2 Å². The Morgan fingerprint density at radius 3 is 2.53 bits per heavy atom. The molecule has 0 radical (unpaired) electrons. The zero-order valence-corrected chi connectivity index (χ0v) is 10.7. The van der Waals surface area contributed by atoms with E-state index in [0.717, 1.165) is 10.4 Å². The lowest BCUT2D eigenvalue weighted by Crippen LogP contribution is -2.33. The molecule has 0 bridgehead atoms. The molecule has 0 amide bonds. The lowest BCUT2D eigenvalue weighted by Gasteiger charge is -2.37. The smallest absolute Gasteiger partial charge is 0.169 e. The van der Waals surface area contributed by atoms with Crippen molar-refractivity contribution in [1.82, 2.24) is 0 Å². The van der Waals surface area contributed by atoms with Crippen molar-refractivity contribution in [3.63, 3.8) is 0 Å². The SMILES string of the molecule is CC1(C(N)c2ccc(Br)o2)CCCCC1. The summed E-state index contributed by atoms with van der Waals surface area (Å²) in [7, 11) is 0. The molecule has 1 atom stereocenters. The summed E-state index contributed by atoms with van der Waals surface area (Å²) in [6.07, 6.45) is 6.38. The van der Waals surface area contributed by atoms with Crippen LogP contribution in [0.1, 0.15) is 50.8 Å². The van der Waals surface area contributed by atoms with Gasteiger partial charge in [-0.3, -0.25) is 0 Å². The summed E-state index contributed by atoms with van der Waals surface area (Å²) in [5, 5.41) is 0. The molecular weight excluding hydrogens is 254 g/mol. The van der Waals surface area contributed by atoms with Crippen LogP contribution in [-0.2, 0) is 0 Å². The van der Waals surface area contributed by atoms with Crippen LogP contribution in [0, 0.1) is 5.41 Å². The molecule has 1 aromatic rings. The fraction of sp³-hybridized carbons (Fsp3) is 0.667. The fourth-order valence-electron chi connectivity index (χ4n) is 2.51. The molecule has 0 saturated heterocycles.